The van der Waals surface area contributed by atoms with Gasteiger partial charge in [0, 0.05) is 66.0 Å². The fourth-order valence-corrected chi connectivity index (χ4v) is 13.5. The molecule has 10 aromatic carbocycles. The van der Waals surface area contributed by atoms with Gasteiger partial charge in [0.25, 0.3) is 0 Å². The van der Waals surface area contributed by atoms with Gasteiger partial charge in [-0.3, -0.25) is 0 Å². The third-order valence-electron chi connectivity index (χ3n) is 17.0. The minimum Gasteiger partial charge on any atom is -0.454 e. The first-order chi connectivity index (χ1) is 36.5. The first kappa shape index (κ1) is 46.2. The van der Waals surface area contributed by atoms with Crippen LogP contribution in [0.5, 0.6) is 0 Å². The highest BCUT2D eigenvalue weighted by Gasteiger charge is 2.45. The highest BCUT2D eigenvalue weighted by molar-refractivity contribution is 6.15. The fourth-order valence-electron chi connectivity index (χ4n) is 13.5. The van der Waals surface area contributed by atoms with Crippen LogP contribution in [-0.4, -0.2) is 0 Å². The number of fused-ring (bicyclic) bond motifs is 12. The third kappa shape index (κ3) is 6.55. The van der Waals surface area contributed by atoms with Crippen LogP contribution in [0, 0.1) is 0 Å². The summed E-state index contributed by atoms with van der Waals surface area (Å²) in [6.07, 6.45) is 0. The Balaban J connectivity index is 0.929. The van der Waals surface area contributed by atoms with Crippen LogP contribution in [0.1, 0.15) is 103 Å². The van der Waals surface area contributed by atoms with Gasteiger partial charge in [-0.05, 0) is 115 Å². The van der Waals surface area contributed by atoms with E-state index in [-0.39, 0.29) is 21.7 Å². The molecular weight excluding hydrogens is 925 g/mol. The van der Waals surface area contributed by atoms with Crippen molar-refractivity contribution in [3.8, 4) is 22.3 Å². The standard InChI is InChI=1S/C72H62N2O2/c1-69(2,3)56-32-17-26-50-52-28-20-34-60(67(52)75-65(50)56)73(43-22-13-11-14-23-43)45-36-37-46-48-38-39-49-47-40-41-59(54-30-19-31-55(62(47)54)71(7,8)64(49)63(48)72(9,10)58(46)42-45)74(44-24-15-12-16-25-44)61-35-21-29-53-51-27-18-33-57(70(4,5)6)66(51)76-68(53)61/h11-42H,1-10H3. The van der Waals surface area contributed by atoms with E-state index < -0.39 is 0 Å². The molecular formula is C72H62N2O2. The second-order valence-electron chi connectivity index (χ2n) is 24.5. The molecule has 0 unspecified atom stereocenters. The van der Waals surface area contributed by atoms with E-state index in [0.29, 0.717) is 0 Å². The van der Waals surface area contributed by atoms with Crippen LogP contribution in [0.4, 0.5) is 34.1 Å². The number of rotatable bonds is 6. The van der Waals surface area contributed by atoms with Gasteiger partial charge < -0.3 is 18.6 Å². The predicted octanol–water partition coefficient (Wildman–Crippen LogP) is 20.8. The van der Waals surface area contributed by atoms with Crippen LogP contribution >= 0.6 is 0 Å². The molecule has 0 aliphatic heterocycles. The summed E-state index contributed by atoms with van der Waals surface area (Å²) in [5, 5.41) is 7.04. The Labute approximate surface area is 445 Å². The predicted molar refractivity (Wildman–Crippen MR) is 320 cm³/mol. The monoisotopic (exact) mass is 986 g/mol. The topological polar surface area (TPSA) is 32.8 Å². The Morgan fingerprint density at radius 3 is 1.32 bits per heavy atom. The van der Waals surface area contributed by atoms with E-state index in [1.54, 1.807) is 0 Å². The molecule has 0 spiro atoms. The smallest absolute Gasteiger partial charge is 0.159 e. The average Bonchev–Trinajstić information content (AvgIpc) is 4.20. The van der Waals surface area contributed by atoms with Crippen LogP contribution < -0.4 is 9.80 Å². The number of anilines is 6. The number of benzene rings is 10. The summed E-state index contributed by atoms with van der Waals surface area (Å²) in [7, 11) is 0. The van der Waals surface area contributed by atoms with Crippen molar-refractivity contribution in [3.63, 3.8) is 0 Å². The van der Waals surface area contributed by atoms with E-state index >= 15 is 0 Å². The van der Waals surface area contributed by atoms with Crippen molar-refractivity contribution in [1.29, 1.82) is 0 Å². The highest BCUT2D eigenvalue weighted by Crippen LogP contribution is 2.60. The lowest BCUT2D eigenvalue weighted by Gasteiger charge is -2.40. The van der Waals surface area contributed by atoms with Gasteiger partial charge in [0.1, 0.15) is 11.2 Å². The number of para-hydroxylation sites is 6. The summed E-state index contributed by atoms with van der Waals surface area (Å²) in [5.74, 6) is 0. The summed E-state index contributed by atoms with van der Waals surface area (Å²) < 4.78 is 14.1. The number of hydrogen-bond acceptors (Lipinski definition) is 4. The summed E-state index contributed by atoms with van der Waals surface area (Å²) in [4.78, 5) is 4.81. The van der Waals surface area contributed by atoms with E-state index in [1.807, 2.05) is 0 Å². The Kier molecular flexibility index (Phi) is 9.78. The summed E-state index contributed by atoms with van der Waals surface area (Å²) in [6, 6.07) is 71.6. The van der Waals surface area contributed by atoms with Crippen molar-refractivity contribution in [3.05, 3.63) is 228 Å². The SMILES string of the molecule is CC(C)(C)c1cccc2c1oc1c(N(c3ccccc3)c3ccc4c(c3)C(C)(C)c3c-4ccc4c3C(C)(C)c3cccc5c(N(c6ccccc6)c6cccc7c6oc6c(C(C)(C)C)cccc67)ccc-4c35)cccc12. The minimum atomic E-state index is -0.341. The van der Waals surface area contributed by atoms with Gasteiger partial charge in [0.05, 0.1) is 17.1 Å². The summed E-state index contributed by atoms with van der Waals surface area (Å²) in [5.41, 5.74) is 22.3. The molecule has 2 heterocycles. The lowest BCUT2D eigenvalue weighted by Crippen LogP contribution is -2.29. The summed E-state index contributed by atoms with van der Waals surface area (Å²) >= 11 is 0. The minimum absolute atomic E-state index is 0.0775. The molecule has 4 heteroatoms. The van der Waals surface area contributed by atoms with E-state index in [4.69, 9.17) is 8.83 Å². The molecule has 0 fully saturated rings. The molecule has 0 amide bonds. The molecule has 12 aromatic rings. The molecule has 0 saturated carbocycles. The zero-order valence-electron chi connectivity index (χ0n) is 45.2. The van der Waals surface area contributed by atoms with Crippen LogP contribution in [0.3, 0.4) is 0 Å². The molecule has 2 aromatic heterocycles. The van der Waals surface area contributed by atoms with Crippen molar-refractivity contribution in [2.24, 2.45) is 0 Å². The van der Waals surface area contributed by atoms with Gasteiger partial charge in [-0.2, -0.15) is 0 Å². The molecule has 0 bridgehead atoms. The normalized spacial score (nSPS) is 14.4. The van der Waals surface area contributed by atoms with Gasteiger partial charge in [0.15, 0.2) is 11.2 Å². The quantitative estimate of drug-likeness (QED) is 0.166. The second-order valence-corrected chi connectivity index (χ2v) is 24.5. The largest absolute Gasteiger partial charge is 0.454 e. The molecule has 0 radical (unpaired) electrons. The lowest BCUT2D eigenvalue weighted by atomic mass is 9.63. The lowest BCUT2D eigenvalue weighted by molar-refractivity contribution is 0.572. The molecule has 4 nitrogen and oxygen atoms in total. The second kappa shape index (κ2) is 16.1. The van der Waals surface area contributed by atoms with E-state index in [1.165, 1.54) is 66.4 Å². The third-order valence-corrected chi connectivity index (χ3v) is 17.0. The average molecular weight is 987 g/mol. The number of hydrogen-bond donors (Lipinski definition) is 0. The molecule has 2 aliphatic carbocycles. The molecule has 0 atom stereocenters. The Bertz CT molecular complexity index is 4360. The molecule has 0 saturated heterocycles. The highest BCUT2D eigenvalue weighted by atomic mass is 16.3. The molecule has 0 N–H and O–H groups in total. The number of nitrogens with zero attached hydrogens (tertiary/aromatic N) is 2. The van der Waals surface area contributed by atoms with E-state index in [2.05, 4.69) is 273 Å². The first-order valence-corrected chi connectivity index (χ1v) is 27.0. The molecule has 76 heavy (non-hydrogen) atoms. The van der Waals surface area contributed by atoms with Crippen LogP contribution in [-0.2, 0) is 21.7 Å². The maximum Gasteiger partial charge on any atom is 0.159 e. The van der Waals surface area contributed by atoms with Gasteiger partial charge in [-0.25, -0.2) is 0 Å². The molecule has 2 aliphatic rings. The van der Waals surface area contributed by atoms with E-state index in [0.717, 1.165) is 78.0 Å². The first-order valence-electron chi connectivity index (χ1n) is 27.0. The van der Waals surface area contributed by atoms with Crippen molar-refractivity contribution in [2.45, 2.75) is 90.9 Å². The van der Waals surface area contributed by atoms with Gasteiger partial charge in [-0.15, -0.1) is 0 Å². The molecule has 14 rings (SSSR count). The Morgan fingerprint density at radius 1 is 0.329 bits per heavy atom. The van der Waals surface area contributed by atoms with Crippen LogP contribution in [0.15, 0.2) is 203 Å². The zero-order valence-corrected chi connectivity index (χ0v) is 45.2. The maximum atomic E-state index is 7.08. The Hall–Kier alpha value is -8.34. The summed E-state index contributed by atoms with van der Waals surface area (Å²) in [6.45, 7) is 23.4. The molecule has 372 valence electrons. The zero-order chi connectivity index (χ0) is 52.2. The van der Waals surface area contributed by atoms with E-state index in [9.17, 15) is 0 Å². The van der Waals surface area contributed by atoms with Gasteiger partial charge in [-0.1, -0.05) is 209 Å². The van der Waals surface area contributed by atoms with Crippen molar-refractivity contribution in [2.75, 3.05) is 9.80 Å². The fraction of sp³-hybridized carbons (Fsp3) is 0.194. The van der Waals surface area contributed by atoms with Crippen LogP contribution in [0.2, 0.25) is 0 Å². The number of furan rings is 2. The van der Waals surface area contributed by atoms with Crippen molar-refractivity contribution >= 4 is 88.8 Å². The van der Waals surface area contributed by atoms with Crippen molar-refractivity contribution in [1.82, 2.24) is 0 Å². The van der Waals surface area contributed by atoms with Crippen molar-refractivity contribution < 1.29 is 8.83 Å². The van der Waals surface area contributed by atoms with Gasteiger partial charge >= 0.3 is 0 Å². The van der Waals surface area contributed by atoms with Crippen LogP contribution in [0.25, 0.3) is 76.9 Å². The Morgan fingerprint density at radius 2 is 0.763 bits per heavy atom. The van der Waals surface area contributed by atoms with Gasteiger partial charge in [0.2, 0.25) is 0 Å². The maximum absolute atomic E-state index is 7.08.